The van der Waals surface area contributed by atoms with Crippen molar-refractivity contribution in [1.82, 2.24) is 0 Å². The molecule has 2 unspecified atom stereocenters. The third-order valence-corrected chi connectivity index (χ3v) is 7.37. The molecular weight excluding hydrogens is 479 g/mol. The predicted octanol–water partition coefficient (Wildman–Crippen LogP) is 8.43. The molecule has 0 aliphatic carbocycles. The van der Waals surface area contributed by atoms with E-state index >= 15 is 0 Å². The van der Waals surface area contributed by atoms with E-state index in [1.807, 2.05) is 30.3 Å². The van der Waals surface area contributed by atoms with Crippen molar-refractivity contribution in [3.05, 3.63) is 111 Å². The van der Waals surface area contributed by atoms with E-state index in [0.717, 1.165) is 42.4 Å². The van der Waals surface area contributed by atoms with Crippen molar-refractivity contribution in [2.24, 2.45) is 11.8 Å². The Morgan fingerprint density at radius 2 is 1.57 bits per heavy atom. The summed E-state index contributed by atoms with van der Waals surface area (Å²) in [5, 5.41) is 9.75. The highest BCUT2D eigenvalue weighted by Crippen LogP contribution is 2.33. The topological polar surface area (TPSA) is 54.4 Å². The average Bonchev–Trinajstić information content (AvgIpc) is 2.85. The second-order valence-electron chi connectivity index (χ2n) is 8.95. The normalized spacial score (nSPS) is 12.7. The van der Waals surface area contributed by atoms with Crippen LogP contribution >= 0.6 is 23.2 Å². The Bertz CT molecular complexity index is 1190. The molecule has 3 aromatic carbocycles. The molecule has 35 heavy (non-hydrogen) atoms. The molecule has 0 saturated heterocycles. The fourth-order valence-electron chi connectivity index (χ4n) is 4.35. The highest BCUT2D eigenvalue weighted by atomic mass is 35.5. The summed E-state index contributed by atoms with van der Waals surface area (Å²) in [4.78, 5) is 24.4. The molecule has 2 atom stereocenters. The SMILES string of the molecule is C=C(C(=O)c1c(Cl)cccc1Cl)c1ccccc1CC(CCc1ccc(C(=O)O)cc1)C(C)CC. The van der Waals surface area contributed by atoms with Crippen molar-refractivity contribution in [1.29, 1.82) is 0 Å². The molecule has 0 aromatic heterocycles. The van der Waals surface area contributed by atoms with E-state index in [1.54, 1.807) is 30.3 Å². The predicted molar refractivity (Wildman–Crippen MR) is 145 cm³/mol. The number of halogens is 2. The molecule has 0 amide bonds. The first-order chi connectivity index (χ1) is 16.7. The number of carbonyl (C=O) groups is 2. The molecule has 0 bridgehead atoms. The van der Waals surface area contributed by atoms with Crippen molar-refractivity contribution in [3.63, 3.8) is 0 Å². The lowest BCUT2D eigenvalue weighted by molar-refractivity contribution is 0.0696. The smallest absolute Gasteiger partial charge is 0.335 e. The van der Waals surface area contributed by atoms with Crippen LogP contribution in [-0.4, -0.2) is 16.9 Å². The molecule has 0 aliphatic heterocycles. The number of ketones is 1. The molecule has 0 saturated carbocycles. The van der Waals surface area contributed by atoms with Gasteiger partial charge in [0.1, 0.15) is 0 Å². The van der Waals surface area contributed by atoms with Crippen LogP contribution in [0.3, 0.4) is 0 Å². The zero-order valence-corrected chi connectivity index (χ0v) is 21.6. The first-order valence-electron chi connectivity index (χ1n) is 11.8. The number of aryl methyl sites for hydroxylation is 1. The van der Waals surface area contributed by atoms with Crippen LogP contribution in [-0.2, 0) is 12.8 Å². The Morgan fingerprint density at radius 3 is 2.17 bits per heavy atom. The largest absolute Gasteiger partial charge is 0.478 e. The fraction of sp³-hybridized carbons (Fsp3) is 0.267. The summed E-state index contributed by atoms with van der Waals surface area (Å²) in [5.41, 5.74) is 3.95. The Balaban J connectivity index is 1.82. The Morgan fingerprint density at radius 1 is 0.943 bits per heavy atom. The average molecular weight is 509 g/mol. The molecule has 0 radical (unpaired) electrons. The quantitative estimate of drug-likeness (QED) is 0.209. The number of carboxylic acid groups (broad SMARTS) is 1. The minimum Gasteiger partial charge on any atom is -0.478 e. The number of rotatable bonds is 11. The fourth-order valence-corrected chi connectivity index (χ4v) is 4.92. The second-order valence-corrected chi connectivity index (χ2v) is 9.77. The third kappa shape index (κ3) is 6.62. The number of hydrogen-bond donors (Lipinski definition) is 1. The monoisotopic (exact) mass is 508 g/mol. The molecule has 5 heteroatoms. The van der Waals surface area contributed by atoms with Gasteiger partial charge in [-0.25, -0.2) is 4.79 Å². The molecule has 3 aromatic rings. The summed E-state index contributed by atoms with van der Waals surface area (Å²) in [6.07, 6.45) is 3.65. The van der Waals surface area contributed by atoms with Crippen LogP contribution in [0, 0.1) is 11.8 Å². The highest BCUT2D eigenvalue weighted by molar-refractivity contribution is 6.44. The summed E-state index contributed by atoms with van der Waals surface area (Å²) >= 11 is 12.6. The maximum absolute atomic E-state index is 13.3. The van der Waals surface area contributed by atoms with Crippen LogP contribution in [0.5, 0.6) is 0 Å². The first kappa shape index (κ1) is 26.7. The van der Waals surface area contributed by atoms with E-state index in [2.05, 4.69) is 26.5 Å². The molecule has 3 rings (SSSR count). The van der Waals surface area contributed by atoms with Crippen LogP contribution in [0.15, 0.2) is 73.3 Å². The van der Waals surface area contributed by atoms with Crippen LogP contribution in [0.25, 0.3) is 5.57 Å². The van der Waals surface area contributed by atoms with Crippen molar-refractivity contribution < 1.29 is 14.7 Å². The number of carbonyl (C=O) groups excluding carboxylic acids is 1. The highest BCUT2D eigenvalue weighted by Gasteiger charge is 2.23. The minimum absolute atomic E-state index is 0.272. The summed E-state index contributed by atoms with van der Waals surface area (Å²) in [5.74, 6) is -0.333. The van der Waals surface area contributed by atoms with E-state index in [9.17, 15) is 9.59 Å². The lowest BCUT2D eigenvalue weighted by Crippen LogP contribution is -2.17. The molecule has 0 spiro atoms. The van der Waals surface area contributed by atoms with Crippen LogP contribution in [0.1, 0.15) is 64.1 Å². The van der Waals surface area contributed by atoms with Gasteiger partial charge in [0.05, 0.1) is 21.2 Å². The number of allylic oxidation sites excluding steroid dienone is 1. The van der Waals surface area contributed by atoms with Crippen LogP contribution < -0.4 is 0 Å². The summed E-state index contributed by atoms with van der Waals surface area (Å²) in [6.45, 7) is 8.56. The van der Waals surface area contributed by atoms with Gasteiger partial charge < -0.3 is 5.11 Å². The Labute approximate surface area is 217 Å². The van der Waals surface area contributed by atoms with Gasteiger partial charge in [-0.2, -0.15) is 0 Å². The number of aromatic carboxylic acids is 1. The second kappa shape index (κ2) is 12.2. The molecule has 0 aliphatic rings. The van der Waals surface area contributed by atoms with Gasteiger partial charge in [-0.15, -0.1) is 0 Å². The van der Waals surface area contributed by atoms with Crippen LogP contribution in [0.4, 0.5) is 0 Å². The molecular formula is C30H30Cl2O3. The van der Waals surface area contributed by atoms with Gasteiger partial charge in [0.25, 0.3) is 0 Å². The molecule has 1 N–H and O–H groups in total. The third-order valence-electron chi connectivity index (χ3n) is 6.74. The maximum atomic E-state index is 13.3. The van der Waals surface area contributed by atoms with Crippen molar-refractivity contribution in [3.8, 4) is 0 Å². The summed E-state index contributed by atoms with van der Waals surface area (Å²) in [7, 11) is 0. The standard InChI is InChI=1S/C30H30Cl2O3/c1-4-19(2)23(17-14-21-12-15-22(16-13-21)30(34)35)18-24-8-5-6-9-25(24)20(3)29(33)28-26(31)10-7-11-27(28)32/h5-13,15-16,19,23H,3-4,14,17-18H2,1-2H3,(H,34,35). The Kier molecular flexibility index (Phi) is 9.31. The van der Waals surface area contributed by atoms with E-state index in [4.69, 9.17) is 28.3 Å². The van der Waals surface area contributed by atoms with Crippen molar-refractivity contribution >= 4 is 40.5 Å². The Hall–Kier alpha value is -2.88. The van der Waals surface area contributed by atoms with E-state index < -0.39 is 5.97 Å². The van der Waals surface area contributed by atoms with E-state index in [-0.39, 0.29) is 11.3 Å². The zero-order chi connectivity index (χ0) is 25.5. The number of Topliss-reactive ketones (excluding diaryl/α,β-unsaturated/α-hetero) is 1. The van der Waals surface area contributed by atoms with Crippen molar-refractivity contribution in [2.45, 2.75) is 39.5 Å². The van der Waals surface area contributed by atoms with Crippen molar-refractivity contribution in [2.75, 3.05) is 0 Å². The van der Waals surface area contributed by atoms with Gasteiger partial charge in [0, 0.05) is 5.57 Å². The molecule has 0 heterocycles. The zero-order valence-electron chi connectivity index (χ0n) is 20.1. The molecule has 3 nitrogen and oxygen atoms in total. The van der Waals surface area contributed by atoms with E-state index in [0.29, 0.717) is 33.0 Å². The maximum Gasteiger partial charge on any atom is 0.335 e. The van der Waals surface area contributed by atoms with Gasteiger partial charge in [-0.3, -0.25) is 4.79 Å². The van der Waals surface area contributed by atoms with Gasteiger partial charge in [-0.1, -0.05) is 92.5 Å². The minimum atomic E-state index is -0.918. The van der Waals surface area contributed by atoms with Gasteiger partial charge in [-0.05, 0) is 72.1 Å². The number of benzene rings is 3. The summed E-state index contributed by atoms with van der Waals surface area (Å²) in [6, 6.07) is 20.0. The van der Waals surface area contributed by atoms with Crippen LogP contribution in [0.2, 0.25) is 10.0 Å². The first-order valence-corrected chi connectivity index (χ1v) is 12.6. The lowest BCUT2D eigenvalue weighted by atomic mass is 9.80. The van der Waals surface area contributed by atoms with Gasteiger partial charge >= 0.3 is 5.97 Å². The molecule has 182 valence electrons. The van der Waals surface area contributed by atoms with Gasteiger partial charge in [0.2, 0.25) is 0 Å². The lowest BCUT2D eigenvalue weighted by Gasteiger charge is -2.25. The number of carboxylic acids is 1. The van der Waals surface area contributed by atoms with E-state index in [1.165, 1.54) is 0 Å². The van der Waals surface area contributed by atoms with Gasteiger partial charge in [0.15, 0.2) is 5.78 Å². The summed E-state index contributed by atoms with van der Waals surface area (Å²) < 4.78 is 0. The molecule has 0 fully saturated rings. The number of hydrogen-bond acceptors (Lipinski definition) is 2.